The molecule has 1 unspecified atom stereocenters. The van der Waals surface area contributed by atoms with Gasteiger partial charge in [0, 0.05) is 24.5 Å². The van der Waals surface area contributed by atoms with Crippen LogP contribution in [0.25, 0.3) is 10.9 Å². The molecule has 0 aliphatic heterocycles. The number of aromatic hydroxyl groups is 1. The highest BCUT2D eigenvalue weighted by Gasteiger charge is 2.14. The summed E-state index contributed by atoms with van der Waals surface area (Å²) in [5.41, 5.74) is 1.15. The van der Waals surface area contributed by atoms with Gasteiger partial charge in [-0.05, 0) is 35.4 Å². The number of hydrogen-bond donors (Lipinski definition) is 5. The molecule has 0 spiro atoms. The molecule has 0 saturated carbocycles. The molecular formula is C20H17N3O5. The van der Waals surface area contributed by atoms with Crippen LogP contribution in [0.5, 0.6) is 5.75 Å². The van der Waals surface area contributed by atoms with Crippen LogP contribution < -0.4 is 10.9 Å². The number of aliphatic hydroxyl groups is 1. The molecule has 1 atom stereocenters. The average Bonchev–Trinajstić information content (AvgIpc) is 2.68. The highest BCUT2D eigenvalue weighted by Crippen LogP contribution is 2.28. The highest BCUT2D eigenvalue weighted by molar-refractivity contribution is 5.90. The van der Waals surface area contributed by atoms with Gasteiger partial charge in [0.15, 0.2) is 0 Å². The molecule has 8 nitrogen and oxygen atoms in total. The van der Waals surface area contributed by atoms with Gasteiger partial charge in [0.25, 0.3) is 0 Å². The van der Waals surface area contributed by atoms with Gasteiger partial charge in [0.05, 0.1) is 22.7 Å². The zero-order valence-electron chi connectivity index (χ0n) is 14.6. The number of carboxylic acids is 1. The van der Waals surface area contributed by atoms with E-state index >= 15 is 0 Å². The number of carbonyl (C=O) groups is 1. The predicted molar refractivity (Wildman–Crippen MR) is 101 cm³/mol. The van der Waals surface area contributed by atoms with Crippen LogP contribution in [0.3, 0.4) is 0 Å². The Balaban J connectivity index is 1.73. The summed E-state index contributed by atoms with van der Waals surface area (Å²) in [6.45, 7) is 0.486. The molecule has 0 saturated heterocycles. The number of nitriles is 1. The van der Waals surface area contributed by atoms with Gasteiger partial charge in [-0.25, -0.2) is 4.79 Å². The van der Waals surface area contributed by atoms with E-state index in [4.69, 9.17) is 10.4 Å². The van der Waals surface area contributed by atoms with E-state index in [9.17, 15) is 19.8 Å². The van der Waals surface area contributed by atoms with E-state index in [2.05, 4.69) is 10.3 Å². The fraction of sp³-hybridized carbons (Fsp3) is 0.150. The van der Waals surface area contributed by atoms with Gasteiger partial charge in [-0.2, -0.15) is 5.26 Å². The fourth-order valence-electron chi connectivity index (χ4n) is 2.99. The summed E-state index contributed by atoms with van der Waals surface area (Å²) in [6, 6.07) is 12.2. The van der Waals surface area contributed by atoms with Crippen LogP contribution in [-0.2, 0) is 6.54 Å². The quantitative estimate of drug-likeness (QED) is 0.437. The lowest BCUT2D eigenvalue weighted by atomic mass is 10.0. The first-order valence-electron chi connectivity index (χ1n) is 8.40. The molecular weight excluding hydrogens is 362 g/mol. The second-order valence-corrected chi connectivity index (χ2v) is 6.23. The van der Waals surface area contributed by atoms with Crippen molar-refractivity contribution >= 4 is 16.9 Å². The van der Waals surface area contributed by atoms with Crippen LogP contribution in [-0.4, -0.2) is 32.8 Å². The standard InChI is InChI=1S/C20H17N3O5/c21-8-12-7-11(1-2-13(12)20(27)28)9-22-10-17(25)14-3-5-16(24)19-15(14)4-6-18(26)23-19/h1-7,17,22,24-25H,9-10H2,(H,23,26)(H,27,28). The summed E-state index contributed by atoms with van der Waals surface area (Å²) in [5.74, 6) is -1.25. The molecule has 3 aromatic rings. The van der Waals surface area contributed by atoms with Gasteiger partial charge in [0.1, 0.15) is 11.8 Å². The third kappa shape index (κ3) is 3.86. The molecule has 0 aliphatic carbocycles. The number of fused-ring (bicyclic) bond motifs is 1. The minimum Gasteiger partial charge on any atom is -0.506 e. The van der Waals surface area contributed by atoms with Crippen molar-refractivity contribution in [2.24, 2.45) is 0 Å². The van der Waals surface area contributed by atoms with E-state index in [1.165, 1.54) is 30.3 Å². The number of hydrogen-bond acceptors (Lipinski definition) is 6. The lowest BCUT2D eigenvalue weighted by molar-refractivity contribution is 0.0696. The van der Waals surface area contributed by atoms with E-state index < -0.39 is 12.1 Å². The molecule has 0 bridgehead atoms. The smallest absolute Gasteiger partial charge is 0.337 e. The molecule has 1 heterocycles. The molecule has 0 radical (unpaired) electrons. The van der Waals surface area contributed by atoms with Crippen LogP contribution >= 0.6 is 0 Å². The summed E-state index contributed by atoms with van der Waals surface area (Å²) >= 11 is 0. The van der Waals surface area contributed by atoms with E-state index in [0.29, 0.717) is 23.1 Å². The lowest BCUT2D eigenvalue weighted by Crippen LogP contribution is -2.21. The predicted octanol–water partition coefficient (Wildman–Crippen LogP) is 1.63. The Bertz CT molecular complexity index is 1150. The second-order valence-electron chi connectivity index (χ2n) is 6.23. The van der Waals surface area contributed by atoms with Crippen molar-refractivity contribution in [1.29, 1.82) is 5.26 Å². The Labute approximate surface area is 159 Å². The maximum atomic E-state index is 11.5. The fourth-order valence-corrected chi connectivity index (χ4v) is 2.99. The number of aromatic amines is 1. The molecule has 3 rings (SSSR count). The van der Waals surface area contributed by atoms with E-state index in [1.54, 1.807) is 12.1 Å². The molecule has 8 heteroatoms. The minimum absolute atomic E-state index is 0.0594. The number of aliphatic hydroxyl groups excluding tert-OH is 1. The molecule has 0 fully saturated rings. The number of pyridine rings is 1. The van der Waals surface area contributed by atoms with Crippen molar-refractivity contribution in [3.05, 3.63) is 75.1 Å². The number of phenols is 1. The number of aromatic nitrogens is 1. The van der Waals surface area contributed by atoms with Crippen molar-refractivity contribution in [1.82, 2.24) is 10.3 Å². The van der Waals surface area contributed by atoms with Crippen molar-refractivity contribution in [2.45, 2.75) is 12.6 Å². The van der Waals surface area contributed by atoms with Crippen LogP contribution in [0.4, 0.5) is 0 Å². The van der Waals surface area contributed by atoms with Crippen molar-refractivity contribution < 1.29 is 20.1 Å². The van der Waals surface area contributed by atoms with Gasteiger partial charge in [-0.1, -0.05) is 12.1 Å². The normalized spacial score (nSPS) is 11.9. The zero-order chi connectivity index (χ0) is 20.3. The number of phenolic OH excluding ortho intramolecular Hbond substituents is 1. The molecule has 0 aliphatic rings. The van der Waals surface area contributed by atoms with Gasteiger partial charge in [-0.3, -0.25) is 4.79 Å². The van der Waals surface area contributed by atoms with Gasteiger partial charge >= 0.3 is 5.97 Å². The zero-order valence-corrected chi connectivity index (χ0v) is 14.6. The van der Waals surface area contributed by atoms with Crippen LogP contribution in [0, 0.1) is 11.3 Å². The second kappa shape index (κ2) is 7.92. The maximum absolute atomic E-state index is 11.5. The number of benzene rings is 2. The van der Waals surface area contributed by atoms with Crippen LogP contribution in [0.15, 0.2) is 47.3 Å². The lowest BCUT2D eigenvalue weighted by Gasteiger charge is -2.15. The first-order valence-corrected chi connectivity index (χ1v) is 8.40. The third-order valence-electron chi connectivity index (χ3n) is 4.37. The molecule has 0 amide bonds. The van der Waals surface area contributed by atoms with Crippen molar-refractivity contribution in [3.63, 3.8) is 0 Å². The van der Waals surface area contributed by atoms with E-state index in [1.807, 2.05) is 6.07 Å². The van der Waals surface area contributed by atoms with Gasteiger partial charge in [-0.15, -0.1) is 0 Å². The Kier molecular flexibility index (Phi) is 5.40. The third-order valence-corrected chi connectivity index (χ3v) is 4.37. The number of aromatic carboxylic acids is 1. The Morgan fingerprint density at radius 2 is 2.00 bits per heavy atom. The van der Waals surface area contributed by atoms with Crippen molar-refractivity contribution in [2.75, 3.05) is 6.54 Å². The molecule has 1 aromatic heterocycles. The summed E-state index contributed by atoms with van der Waals surface area (Å²) < 4.78 is 0. The summed E-state index contributed by atoms with van der Waals surface area (Å²) in [7, 11) is 0. The monoisotopic (exact) mass is 379 g/mol. The number of nitrogens with zero attached hydrogens (tertiary/aromatic N) is 1. The average molecular weight is 379 g/mol. The number of nitrogens with one attached hydrogen (secondary N) is 2. The van der Waals surface area contributed by atoms with Gasteiger partial charge in [0.2, 0.25) is 5.56 Å². The van der Waals surface area contributed by atoms with Crippen molar-refractivity contribution in [3.8, 4) is 11.8 Å². The molecule has 28 heavy (non-hydrogen) atoms. The molecule has 5 N–H and O–H groups in total. The maximum Gasteiger partial charge on any atom is 0.337 e. The molecule has 2 aromatic carbocycles. The van der Waals surface area contributed by atoms with Gasteiger partial charge < -0.3 is 25.6 Å². The summed E-state index contributed by atoms with van der Waals surface area (Å²) in [6.07, 6.45) is -0.914. The topological polar surface area (TPSA) is 146 Å². The van der Waals surface area contributed by atoms with Crippen LogP contribution in [0.2, 0.25) is 0 Å². The van der Waals surface area contributed by atoms with E-state index in [0.717, 1.165) is 0 Å². The molecule has 142 valence electrons. The summed E-state index contributed by atoms with van der Waals surface area (Å²) in [5, 5.41) is 42.1. The largest absolute Gasteiger partial charge is 0.506 e. The Hall–Kier alpha value is -3.67. The number of carboxylic acid groups (broad SMARTS) is 1. The Morgan fingerprint density at radius 3 is 2.71 bits per heavy atom. The van der Waals surface area contributed by atoms with Crippen LogP contribution in [0.1, 0.15) is 33.2 Å². The number of rotatable bonds is 6. The Morgan fingerprint density at radius 1 is 1.21 bits per heavy atom. The number of H-pyrrole nitrogens is 1. The first kappa shape index (κ1) is 19.1. The summed E-state index contributed by atoms with van der Waals surface area (Å²) in [4.78, 5) is 25.1. The van der Waals surface area contributed by atoms with E-state index in [-0.39, 0.29) is 34.5 Å². The minimum atomic E-state index is -1.16. The SMILES string of the molecule is N#Cc1cc(CNCC(O)c2ccc(O)c3[nH]c(=O)ccc23)ccc1C(=O)O. The highest BCUT2D eigenvalue weighted by atomic mass is 16.4. The first-order chi connectivity index (χ1) is 13.4.